The Morgan fingerprint density at radius 2 is 1.65 bits per heavy atom. The maximum absolute atomic E-state index is 12.6. The number of anilines is 1. The van der Waals surface area contributed by atoms with Crippen molar-refractivity contribution in [2.45, 2.75) is 23.1 Å². The molecule has 8 nitrogen and oxygen atoms in total. The first-order valence-corrected chi connectivity index (χ1v) is 10.7. The fourth-order valence-electron chi connectivity index (χ4n) is 2.13. The van der Waals surface area contributed by atoms with Crippen LogP contribution in [0.2, 0.25) is 0 Å². The minimum atomic E-state index is -4.12. The minimum Gasteiger partial charge on any atom is -0.352 e. The summed E-state index contributed by atoms with van der Waals surface area (Å²) in [6.45, 7) is 2.35. The van der Waals surface area contributed by atoms with E-state index in [-0.39, 0.29) is 21.0 Å². The molecular weight excluding hydrogens is 378 g/mol. The van der Waals surface area contributed by atoms with E-state index in [2.05, 4.69) is 10.0 Å². The smallest absolute Gasteiger partial charge is 0.261 e. The van der Waals surface area contributed by atoms with Gasteiger partial charge in [-0.1, -0.05) is 25.1 Å². The Bertz CT molecular complexity index is 1020. The van der Waals surface area contributed by atoms with E-state index in [1.807, 2.05) is 6.92 Å². The molecule has 0 saturated heterocycles. The standard InChI is InChI=1S/C16H19N3O5S2/c1-2-10-18-16(20)14-8-3-4-9-15(14)19-26(23,24)13-7-5-6-12(11-13)25(17,21)22/h3-9,11,19H,2,10H2,1H3,(H,18,20)(H2,17,21,22). The largest absolute Gasteiger partial charge is 0.352 e. The molecular formula is C16H19N3O5S2. The van der Waals surface area contributed by atoms with Gasteiger partial charge in [-0.15, -0.1) is 0 Å². The number of sulfonamides is 2. The number of hydrogen-bond acceptors (Lipinski definition) is 5. The topological polar surface area (TPSA) is 135 Å². The molecule has 0 aromatic heterocycles. The maximum atomic E-state index is 12.6. The lowest BCUT2D eigenvalue weighted by molar-refractivity contribution is 0.0954. The van der Waals surface area contributed by atoms with Crippen LogP contribution in [0, 0.1) is 0 Å². The molecule has 0 spiro atoms. The number of nitrogens with one attached hydrogen (secondary N) is 2. The quantitative estimate of drug-likeness (QED) is 0.646. The van der Waals surface area contributed by atoms with E-state index in [4.69, 9.17) is 5.14 Å². The van der Waals surface area contributed by atoms with Gasteiger partial charge in [0.25, 0.3) is 15.9 Å². The van der Waals surface area contributed by atoms with Crippen molar-refractivity contribution in [3.63, 3.8) is 0 Å². The number of rotatable bonds is 7. The van der Waals surface area contributed by atoms with Crippen LogP contribution in [-0.2, 0) is 20.0 Å². The van der Waals surface area contributed by atoms with Crippen molar-refractivity contribution in [3.8, 4) is 0 Å². The normalized spacial score (nSPS) is 11.8. The van der Waals surface area contributed by atoms with Crippen molar-refractivity contribution in [1.82, 2.24) is 5.32 Å². The molecule has 0 unspecified atom stereocenters. The van der Waals surface area contributed by atoms with Crippen LogP contribution in [0.5, 0.6) is 0 Å². The second-order valence-electron chi connectivity index (χ2n) is 5.43. The van der Waals surface area contributed by atoms with Crippen LogP contribution in [-0.4, -0.2) is 29.3 Å². The van der Waals surface area contributed by atoms with E-state index in [0.29, 0.717) is 6.54 Å². The second-order valence-corrected chi connectivity index (χ2v) is 8.67. The van der Waals surface area contributed by atoms with E-state index in [1.54, 1.807) is 12.1 Å². The number of hydrogen-bond donors (Lipinski definition) is 3. The zero-order valence-electron chi connectivity index (χ0n) is 14.0. The molecule has 26 heavy (non-hydrogen) atoms. The molecule has 2 aromatic rings. The van der Waals surface area contributed by atoms with E-state index < -0.39 is 26.0 Å². The maximum Gasteiger partial charge on any atom is 0.261 e. The van der Waals surface area contributed by atoms with Crippen LogP contribution in [0.1, 0.15) is 23.7 Å². The summed E-state index contributed by atoms with van der Waals surface area (Å²) in [4.78, 5) is 11.6. The third-order valence-electron chi connectivity index (χ3n) is 3.40. The number of carbonyl (C=O) groups excluding carboxylic acids is 1. The van der Waals surface area contributed by atoms with Crippen molar-refractivity contribution in [3.05, 3.63) is 54.1 Å². The zero-order valence-corrected chi connectivity index (χ0v) is 15.6. The number of benzene rings is 2. The number of carbonyl (C=O) groups is 1. The Balaban J connectivity index is 2.38. The molecule has 4 N–H and O–H groups in total. The number of para-hydroxylation sites is 1. The van der Waals surface area contributed by atoms with Crippen molar-refractivity contribution in [2.75, 3.05) is 11.3 Å². The first kappa shape index (κ1) is 19.9. The van der Waals surface area contributed by atoms with Crippen LogP contribution in [0.25, 0.3) is 0 Å². The summed E-state index contributed by atoms with van der Waals surface area (Å²) in [5.74, 6) is -0.413. The van der Waals surface area contributed by atoms with Crippen molar-refractivity contribution >= 4 is 31.6 Å². The van der Waals surface area contributed by atoms with E-state index in [1.165, 1.54) is 30.3 Å². The highest BCUT2D eigenvalue weighted by atomic mass is 32.2. The molecule has 10 heteroatoms. The Morgan fingerprint density at radius 1 is 1.00 bits per heavy atom. The lowest BCUT2D eigenvalue weighted by atomic mass is 10.1. The molecule has 2 rings (SSSR count). The second kappa shape index (κ2) is 7.85. The lowest BCUT2D eigenvalue weighted by Crippen LogP contribution is -2.26. The average molecular weight is 397 g/mol. The predicted octanol–water partition coefficient (Wildman–Crippen LogP) is 1.27. The Morgan fingerprint density at radius 3 is 2.31 bits per heavy atom. The fourth-order valence-corrected chi connectivity index (χ4v) is 3.89. The summed E-state index contributed by atoms with van der Waals surface area (Å²) in [6, 6.07) is 10.8. The summed E-state index contributed by atoms with van der Waals surface area (Å²) in [7, 11) is -8.17. The predicted molar refractivity (Wildman–Crippen MR) is 97.7 cm³/mol. The molecule has 0 aliphatic rings. The minimum absolute atomic E-state index is 0.0853. The monoisotopic (exact) mass is 397 g/mol. The van der Waals surface area contributed by atoms with E-state index in [0.717, 1.165) is 12.5 Å². The highest BCUT2D eigenvalue weighted by molar-refractivity contribution is 7.93. The SMILES string of the molecule is CCCNC(=O)c1ccccc1NS(=O)(=O)c1cccc(S(N)(=O)=O)c1. The van der Waals surface area contributed by atoms with Gasteiger partial charge in [-0.3, -0.25) is 9.52 Å². The van der Waals surface area contributed by atoms with Gasteiger partial charge < -0.3 is 5.32 Å². The highest BCUT2D eigenvalue weighted by Gasteiger charge is 2.20. The van der Waals surface area contributed by atoms with Gasteiger partial charge in [0.15, 0.2) is 0 Å². The molecule has 2 aromatic carbocycles. The first-order chi connectivity index (χ1) is 12.1. The van der Waals surface area contributed by atoms with Gasteiger partial charge in [0.05, 0.1) is 21.0 Å². The van der Waals surface area contributed by atoms with Gasteiger partial charge in [-0.2, -0.15) is 0 Å². The Kier molecular flexibility index (Phi) is 6.01. The number of nitrogens with two attached hydrogens (primary N) is 1. The Labute approximate surface area is 152 Å². The number of primary sulfonamides is 1. The molecule has 0 fully saturated rings. The summed E-state index contributed by atoms with van der Waals surface area (Å²) >= 11 is 0. The molecule has 1 amide bonds. The molecule has 0 aliphatic heterocycles. The molecule has 0 atom stereocenters. The Hall–Kier alpha value is -2.43. The van der Waals surface area contributed by atoms with Gasteiger partial charge in [-0.05, 0) is 36.8 Å². The molecule has 0 bridgehead atoms. The van der Waals surface area contributed by atoms with Crippen molar-refractivity contribution < 1.29 is 21.6 Å². The number of amides is 1. The van der Waals surface area contributed by atoms with Crippen LogP contribution in [0.15, 0.2) is 58.3 Å². The van der Waals surface area contributed by atoms with Gasteiger partial charge in [-0.25, -0.2) is 22.0 Å². The van der Waals surface area contributed by atoms with Crippen LogP contribution < -0.4 is 15.2 Å². The summed E-state index contributed by atoms with van der Waals surface area (Å²) in [6.07, 6.45) is 0.736. The molecule has 0 heterocycles. The zero-order chi connectivity index (χ0) is 19.4. The summed E-state index contributed by atoms with van der Waals surface area (Å²) in [5.41, 5.74) is 0.245. The van der Waals surface area contributed by atoms with Gasteiger partial charge in [0.1, 0.15) is 0 Å². The van der Waals surface area contributed by atoms with E-state index >= 15 is 0 Å². The van der Waals surface area contributed by atoms with Gasteiger partial charge in [0.2, 0.25) is 10.0 Å². The third-order valence-corrected chi connectivity index (χ3v) is 5.67. The van der Waals surface area contributed by atoms with Crippen molar-refractivity contribution in [2.24, 2.45) is 5.14 Å². The van der Waals surface area contributed by atoms with Gasteiger partial charge in [0, 0.05) is 6.54 Å². The van der Waals surface area contributed by atoms with E-state index in [9.17, 15) is 21.6 Å². The fraction of sp³-hybridized carbons (Fsp3) is 0.188. The molecule has 0 radical (unpaired) electrons. The van der Waals surface area contributed by atoms with Crippen LogP contribution in [0.3, 0.4) is 0 Å². The average Bonchev–Trinajstić information content (AvgIpc) is 2.59. The van der Waals surface area contributed by atoms with Crippen LogP contribution in [0.4, 0.5) is 5.69 Å². The first-order valence-electron chi connectivity index (χ1n) is 7.68. The lowest BCUT2D eigenvalue weighted by Gasteiger charge is -2.13. The summed E-state index contributed by atoms with van der Waals surface area (Å²) < 4.78 is 50.3. The highest BCUT2D eigenvalue weighted by Crippen LogP contribution is 2.21. The molecule has 0 aliphatic carbocycles. The summed E-state index contributed by atoms with van der Waals surface area (Å²) in [5, 5.41) is 7.71. The van der Waals surface area contributed by atoms with Gasteiger partial charge >= 0.3 is 0 Å². The third kappa shape index (κ3) is 4.81. The van der Waals surface area contributed by atoms with Crippen LogP contribution >= 0.6 is 0 Å². The molecule has 140 valence electrons. The molecule has 0 saturated carbocycles. The van der Waals surface area contributed by atoms with Crippen molar-refractivity contribution in [1.29, 1.82) is 0 Å².